The number of imidazole rings is 1. The summed E-state index contributed by atoms with van der Waals surface area (Å²) in [5.41, 5.74) is 13.2. The number of hydrogen-bond acceptors (Lipinski definition) is 8. The fourth-order valence-corrected chi connectivity index (χ4v) is 7.99. The smallest absolute Gasteiger partial charge is 0.356 e. The van der Waals surface area contributed by atoms with Gasteiger partial charge in [0.25, 0.3) is 5.91 Å². The van der Waals surface area contributed by atoms with Gasteiger partial charge in [0.05, 0.1) is 36.6 Å². The maximum atomic E-state index is 13.8. The molecule has 4 aromatic heterocycles. The van der Waals surface area contributed by atoms with Crippen LogP contribution in [-0.4, -0.2) is 73.7 Å². The first-order valence-corrected chi connectivity index (χ1v) is 16.9. The number of esters is 1. The number of benzene rings is 2. The molecule has 11 heteroatoms. The van der Waals surface area contributed by atoms with Crippen LogP contribution >= 0.6 is 0 Å². The number of aryl methyl sites for hydroxylation is 1. The van der Waals surface area contributed by atoms with Crippen molar-refractivity contribution in [2.45, 2.75) is 44.3 Å². The molecule has 2 aromatic carbocycles. The van der Waals surface area contributed by atoms with Crippen molar-refractivity contribution < 1.29 is 19.1 Å². The molecular formula is C38H37N7O4. The second kappa shape index (κ2) is 11.1. The van der Waals surface area contributed by atoms with Gasteiger partial charge in [-0.05, 0) is 86.1 Å². The topological polar surface area (TPSA) is 130 Å². The van der Waals surface area contributed by atoms with Gasteiger partial charge in [-0.3, -0.25) is 4.79 Å². The standard InChI is InChI=1S/C38H37N7O4/c1-43-34-29(15-25(17-32(34)48-2)37(46)45-19-24-9-13-30(45)33(24)39)42-36(43)31-16-23-8-11-27(41-35(23)44(31)18-20-4-5-20)22-6-10-26-21(14-22)7-12-28(40-26)38(47)49-3/h6-8,10-12,14-17,20,24,30,33H,4-5,9,13,18-19,39H2,1-3H3/t24-,30-,33-/m1/s1. The molecule has 49 heavy (non-hydrogen) atoms. The number of pyridine rings is 2. The Kier molecular flexibility index (Phi) is 6.77. The Hall–Kier alpha value is -5.29. The Bertz CT molecular complexity index is 2340. The lowest BCUT2D eigenvalue weighted by Gasteiger charge is -2.27. The molecule has 2 saturated carbocycles. The van der Waals surface area contributed by atoms with E-state index in [2.05, 4.69) is 26.3 Å². The lowest BCUT2D eigenvalue weighted by atomic mass is 10.1. The van der Waals surface area contributed by atoms with Gasteiger partial charge in [-0.25, -0.2) is 19.7 Å². The summed E-state index contributed by atoms with van der Waals surface area (Å²) in [5, 5.41) is 1.94. The number of fused-ring (bicyclic) bond motifs is 5. The third-order valence-electron chi connectivity index (χ3n) is 10.8. The molecule has 1 saturated heterocycles. The number of aromatic nitrogens is 5. The maximum absolute atomic E-state index is 13.8. The summed E-state index contributed by atoms with van der Waals surface area (Å²) in [4.78, 5) is 42.5. The van der Waals surface area contributed by atoms with Gasteiger partial charge >= 0.3 is 5.97 Å². The van der Waals surface area contributed by atoms with Gasteiger partial charge in [-0.2, -0.15) is 0 Å². The minimum Gasteiger partial charge on any atom is -0.494 e. The van der Waals surface area contributed by atoms with Crippen LogP contribution in [-0.2, 0) is 18.3 Å². The molecule has 2 aliphatic carbocycles. The Morgan fingerprint density at radius 1 is 0.898 bits per heavy atom. The van der Waals surface area contributed by atoms with E-state index < -0.39 is 5.97 Å². The molecule has 0 spiro atoms. The van der Waals surface area contributed by atoms with Gasteiger partial charge in [0.2, 0.25) is 0 Å². The van der Waals surface area contributed by atoms with Gasteiger partial charge in [-0.15, -0.1) is 0 Å². The van der Waals surface area contributed by atoms with Gasteiger partial charge in [0.1, 0.15) is 22.6 Å². The SMILES string of the molecule is COC(=O)c1ccc2cc(-c3ccc4cc(-c5nc6cc(C(=O)N7C[C@H]8CC[C@@H]7[C@@H]8N)cc(OC)c6n5C)n(CC5CC5)c4n3)ccc2n1. The summed E-state index contributed by atoms with van der Waals surface area (Å²) in [6.45, 7) is 1.55. The Morgan fingerprint density at radius 3 is 2.47 bits per heavy atom. The fourth-order valence-electron chi connectivity index (χ4n) is 7.99. The highest BCUT2D eigenvalue weighted by Crippen LogP contribution is 2.40. The number of methoxy groups -OCH3 is 2. The monoisotopic (exact) mass is 655 g/mol. The van der Waals surface area contributed by atoms with E-state index in [0.717, 1.165) is 64.1 Å². The summed E-state index contributed by atoms with van der Waals surface area (Å²) in [7, 11) is 4.99. The minimum absolute atomic E-state index is 0.0111. The quantitative estimate of drug-likeness (QED) is 0.221. The average molecular weight is 656 g/mol. The van der Waals surface area contributed by atoms with E-state index in [4.69, 9.17) is 25.2 Å². The summed E-state index contributed by atoms with van der Waals surface area (Å²) >= 11 is 0. The van der Waals surface area contributed by atoms with Crippen molar-refractivity contribution in [2.24, 2.45) is 24.6 Å². The number of hydrogen-bond donors (Lipinski definition) is 1. The van der Waals surface area contributed by atoms with E-state index in [9.17, 15) is 9.59 Å². The zero-order chi connectivity index (χ0) is 33.6. The lowest BCUT2D eigenvalue weighted by Crippen LogP contribution is -2.41. The first-order chi connectivity index (χ1) is 23.8. The van der Waals surface area contributed by atoms with E-state index in [-0.39, 0.29) is 23.7 Å². The van der Waals surface area contributed by atoms with Crippen molar-refractivity contribution in [1.29, 1.82) is 0 Å². The molecule has 0 radical (unpaired) electrons. The van der Waals surface area contributed by atoms with Crippen LogP contribution in [0, 0.1) is 11.8 Å². The second-order valence-electron chi connectivity index (χ2n) is 13.8. The number of ether oxygens (including phenoxy) is 2. The van der Waals surface area contributed by atoms with Crippen LogP contribution in [0.15, 0.2) is 60.7 Å². The Morgan fingerprint density at radius 2 is 1.73 bits per heavy atom. The third kappa shape index (κ3) is 4.78. The highest BCUT2D eigenvalue weighted by Gasteiger charge is 2.47. The molecule has 248 valence electrons. The molecule has 3 atom stereocenters. The van der Waals surface area contributed by atoms with Crippen molar-refractivity contribution in [2.75, 3.05) is 20.8 Å². The molecule has 2 bridgehead atoms. The average Bonchev–Trinajstić information content (AvgIpc) is 3.53. The summed E-state index contributed by atoms with van der Waals surface area (Å²) < 4.78 is 15.1. The largest absolute Gasteiger partial charge is 0.494 e. The molecular weight excluding hydrogens is 618 g/mol. The number of amides is 1. The van der Waals surface area contributed by atoms with E-state index in [1.54, 1.807) is 13.2 Å². The first-order valence-electron chi connectivity index (χ1n) is 16.9. The van der Waals surface area contributed by atoms with E-state index >= 15 is 0 Å². The molecule has 11 nitrogen and oxygen atoms in total. The van der Waals surface area contributed by atoms with Crippen LogP contribution in [0.4, 0.5) is 0 Å². The molecule has 3 aliphatic rings. The van der Waals surface area contributed by atoms with Crippen LogP contribution in [0.3, 0.4) is 0 Å². The van der Waals surface area contributed by atoms with E-state index in [0.29, 0.717) is 40.7 Å². The number of nitrogens with two attached hydrogens (primary N) is 1. The van der Waals surface area contributed by atoms with E-state index in [1.165, 1.54) is 20.0 Å². The van der Waals surface area contributed by atoms with Gasteiger partial charge in [0, 0.05) is 54.1 Å². The highest BCUT2D eigenvalue weighted by molar-refractivity contribution is 6.00. The molecule has 9 rings (SSSR count). The molecule has 3 fully saturated rings. The van der Waals surface area contributed by atoms with Crippen LogP contribution in [0.2, 0.25) is 0 Å². The van der Waals surface area contributed by atoms with Crippen molar-refractivity contribution in [3.05, 3.63) is 71.9 Å². The van der Waals surface area contributed by atoms with Crippen molar-refractivity contribution in [3.8, 4) is 28.5 Å². The van der Waals surface area contributed by atoms with Crippen LogP contribution < -0.4 is 10.5 Å². The number of carbonyl (C=O) groups excluding carboxylic acids is 2. The minimum atomic E-state index is -0.461. The van der Waals surface area contributed by atoms with Gasteiger partial charge in [0.15, 0.2) is 5.82 Å². The maximum Gasteiger partial charge on any atom is 0.356 e. The van der Waals surface area contributed by atoms with Gasteiger partial charge in [-0.1, -0.05) is 12.1 Å². The first kappa shape index (κ1) is 29.8. The number of carbonyl (C=O) groups is 2. The lowest BCUT2D eigenvalue weighted by molar-refractivity contribution is 0.0594. The van der Waals surface area contributed by atoms with Crippen molar-refractivity contribution in [3.63, 3.8) is 0 Å². The molecule has 1 aliphatic heterocycles. The summed E-state index contributed by atoms with van der Waals surface area (Å²) in [6, 6.07) is 19.7. The fraction of sp³-hybridized carbons (Fsp3) is 0.342. The Labute approximate surface area is 282 Å². The highest BCUT2D eigenvalue weighted by atomic mass is 16.5. The zero-order valence-electron chi connectivity index (χ0n) is 27.7. The molecule has 5 heterocycles. The predicted octanol–water partition coefficient (Wildman–Crippen LogP) is 5.57. The number of rotatable bonds is 7. The Balaban J connectivity index is 1.12. The summed E-state index contributed by atoms with van der Waals surface area (Å²) in [5.74, 6) is 1.90. The number of nitrogens with zero attached hydrogens (tertiary/aromatic N) is 6. The van der Waals surface area contributed by atoms with E-state index in [1.807, 2.05) is 54.4 Å². The molecule has 2 N–H and O–H groups in total. The van der Waals surface area contributed by atoms with Gasteiger partial charge < -0.3 is 29.2 Å². The predicted molar refractivity (Wildman–Crippen MR) is 186 cm³/mol. The molecule has 6 aromatic rings. The van der Waals surface area contributed by atoms with Crippen LogP contribution in [0.25, 0.3) is 55.7 Å². The normalized spacial score (nSPS) is 20.2. The van der Waals surface area contributed by atoms with Crippen LogP contribution in [0.5, 0.6) is 5.75 Å². The van der Waals surface area contributed by atoms with Crippen molar-refractivity contribution in [1.82, 2.24) is 29.0 Å². The molecule has 0 unspecified atom stereocenters. The summed E-state index contributed by atoms with van der Waals surface area (Å²) in [6.07, 6.45) is 4.43. The number of piperidine rings is 1. The third-order valence-corrected chi connectivity index (χ3v) is 10.8. The zero-order valence-corrected chi connectivity index (χ0v) is 27.7. The van der Waals surface area contributed by atoms with Crippen LogP contribution in [0.1, 0.15) is 46.5 Å². The second-order valence-corrected chi connectivity index (χ2v) is 13.8. The number of likely N-dealkylation sites (tertiary alicyclic amines) is 1. The molecule has 1 amide bonds. The van der Waals surface area contributed by atoms with Crippen molar-refractivity contribution >= 4 is 44.8 Å².